The Morgan fingerprint density at radius 3 is 2.68 bits per heavy atom. The first-order valence-electron chi connectivity index (χ1n) is 7.05. The molecule has 1 aliphatic heterocycles. The molecule has 1 N–H and O–H groups in total. The molecular formula is C14H29ClN2O2. The van der Waals surface area contributed by atoms with Crippen molar-refractivity contribution >= 4 is 18.3 Å². The molecule has 0 aromatic rings. The minimum Gasteiger partial charge on any atom is -0.383 e. The lowest BCUT2D eigenvalue weighted by molar-refractivity contribution is -0.137. The predicted octanol–water partition coefficient (Wildman–Crippen LogP) is 1.93. The van der Waals surface area contributed by atoms with Crippen molar-refractivity contribution in [1.29, 1.82) is 0 Å². The number of amides is 1. The number of halogens is 1. The monoisotopic (exact) mass is 292 g/mol. The lowest BCUT2D eigenvalue weighted by atomic mass is 9.91. The van der Waals surface area contributed by atoms with Gasteiger partial charge in [-0.05, 0) is 32.2 Å². The Hall–Kier alpha value is -0.320. The lowest BCUT2D eigenvalue weighted by Crippen LogP contribution is -2.46. The highest BCUT2D eigenvalue weighted by atomic mass is 35.5. The van der Waals surface area contributed by atoms with Gasteiger partial charge in [0.25, 0.3) is 0 Å². The van der Waals surface area contributed by atoms with Crippen molar-refractivity contribution in [2.75, 3.05) is 33.4 Å². The second-order valence-corrected chi connectivity index (χ2v) is 5.75. The van der Waals surface area contributed by atoms with Gasteiger partial charge in [0.15, 0.2) is 0 Å². The summed E-state index contributed by atoms with van der Waals surface area (Å²) in [6.07, 6.45) is 1.92. The van der Waals surface area contributed by atoms with Gasteiger partial charge in [0, 0.05) is 32.2 Å². The third-order valence-electron chi connectivity index (χ3n) is 3.44. The van der Waals surface area contributed by atoms with Crippen LogP contribution in [0.2, 0.25) is 0 Å². The van der Waals surface area contributed by atoms with E-state index < -0.39 is 0 Å². The van der Waals surface area contributed by atoms with E-state index in [1.165, 1.54) is 0 Å². The Morgan fingerprint density at radius 1 is 1.47 bits per heavy atom. The third kappa shape index (κ3) is 6.59. The van der Waals surface area contributed by atoms with Crippen molar-refractivity contribution < 1.29 is 9.53 Å². The molecule has 1 fully saturated rings. The average Bonchev–Trinajstić information content (AvgIpc) is 2.33. The normalized spacial score (nSPS) is 23.0. The molecule has 19 heavy (non-hydrogen) atoms. The van der Waals surface area contributed by atoms with Crippen LogP contribution in [-0.4, -0.2) is 50.2 Å². The lowest BCUT2D eigenvalue weighted by Gasteiger charge is -2.33. The van der Waals surface area contributed by atoms with Crippen molar-refractivity contribution in [2.45, 2.75) is 39.7 Å². The van der Waals surface area contributed by atoms with Crippen LogP contribution in [0.15, 0.2) is 0 Å². The highest BCUT2D eigenvalue weighted by Gasteiger charge is 2.28. The van der Waals surface area contributed by atoms with E-state index in [-0.39, 0.29) is 18.3 Å². The zero-order valence-corrected chi connectivity index (χ0v) is 13.5. The second kappa shape index (κ2) is 9.56. The van der Waals surface area contributed by atoms with Gasteiger partial charge in [0.05, 0.1) is 6.61 Å². The van der Waals surface area contributed by atoms with E-state index in [0.29, 0.717) is 31.0 Å². The molecule has 0 aromatic heterocycles. The first-order chi connectivity index (χ1) is 8.54. The van der Waals surface area contributed by atoms with Gasteiger partial charge in [-0.1, -0.05) is 13.8 Å². The summed E-state index contributed by atoms with van der Waals surface area (Å²) >= 11 is 0. The number of nitrogens with zero attached hydrogens (tertiary/aromatic N) is 1. The highest BCUT2D eigenvalue weighted by molar-refractivity contribution is 5.85. The summed E-state index contributed by atoms with van der Waals surface area (Å²) in [7, 11) is 1.69. The minimum absolute atomic E-state index is 0. The fourth-order valence-corrected chi connectivity index (χ4v) is 2.55. The maximum Gasteiger partial charge on any atom is 0.225 e. The molecule has 0 radical (unpaired) electrons. The van der Waals surface area contributed by atoms with E-state index in [1.54, 1.807) is 7.11 Å². The molecule has 1 rings (SSSR count). The van der Waals surface area contributed by atoms with Crippen LogP contribution in [0.25, 0.3) is 0 Å². The summed E-state index contributed by atoms with van der Waals surface area (Å²) in [6.45, 7) is 9.58. The third-order valence-corrected chi connectivity index (χ3v) is 3.44. The Morgan fingerprint density at radius 2 is 2.16 bits per heavy atom. The van der Waals surface area contributed by atoms with E-state index in [2.05, 4.69) is 26.1 Å². The van der Waals surface area contributed by atoms with Gasteiger partial charge in [-0.3, -0.25) is 4.79 Å². The molecule has 1 saturated heterocycles. The molecule has 0 bridgehead atoms. The molecule has 0 spiro atoms. The van der Waals surface area contributed by atoms with Gasteiger partial charge < -0.3 is 15.0 Å². The van der Waals surface area contributed by atoms with Crippen molar-refractivity contribution in [2.24, 2.45) is 11.8 Å². The van der Waals surface area contributed by atoms with Crippen LogP contribution in [0.1, 0.15) is 33.6 Å². The molecule has 2 atom stereocenters. The maximum absolute atomic E-state index is 12.5. The van der Waals surface area contributed by atoms with Gasteiger partial charge in [-0.2, -0.15) is 0 Å². The van der Waals surface area contributed by atoms with E-state index in [0.717, 1.165) is 25.9 Å². The van der Waals surface area contributed by atoms with E-state index in [4.69, 9.17) is 4.74 Å². The van der Waals surface area contributed by atoms with Gasteiger partial charge in [-0.25, -0.2) is 0 Å². The van der Waals surface area contributed by atoms with Gasteiger partial charge >= 0.3 is 0 Å². The number of ether oxygens (including phenoxy) is 1. The highest BCUT2D eigenvalue weighted by Crippen LogP contribution is 2.19. The van der Waals surface area contributed by atoms with Gasteiger partial charge in [0.1, 0.15) is 0 Å². The zero-order valence-electron chi connectivity index (χ0n) is 12.6. The topological polar surface area (TPSA) is 41.6 Å². The second-order valence-electron chi connectivity index (χ2n) is 5.75. The summed E-state index contributed by atoms with van der Waals surface area (Å²) in [5, 5.41) is 3.39. The SMILES string of the molecule is COCCN(CC(C)C)C(=O)[C@H]1CCN[C@@H](C)C1.Cl. The number of carbonyl (C=O) groups excluding carboxylic acids is 1. The number of rotatable bonds is 6. The fourth-order valence-electron chi connectivity index (χ4n) is 2.55. The predicted molar refractivity (Wildman–Crippen MR) is 80.7 cm³/mol. The molecule has 0 unspecified atom stereocenters. The zero-order chi connectivity index (χ0) is 13.5. The van der Waals surface area contributed by atoms with Crippen molar-refractivity contribution in [3.8, 4) is 0 Å². The Kier molecular flexibility index (Phi) is 9.40. The summed E-state index contributed by atoms with van der Waals surface area (Å²) in [5.74, 6) is 1.01. The Balaban J connectivity index is 0.00000324. The number of carbonyl (C=O) groups is 1. The minimum atomic E-state index is 0. The fraction of sp³-hybridized carbons (Fsp3) is 0.929. The van der Waals surface area contributed by atoms with Crippen LogP contribution in [0.3, 0.4) is 0 Å². The molecule has 0 aliphatic carbocycles. The van der Waals surface area contributed by atoms with Crippen molar-refractivity contribution in [1.82, 2.24) is 10.2 Å². The molecule has 5 heteroatoms. The maximum atomic E-state index is 12.5. The molecule has 1 amide bonds. The van der Waals surface area contributed by atoms with Crippen LogP contribution in [0, 0.1) is 11.8 Å². The molecule has 4 nitrogen and oxygen atoms in total. The smallest absolute Gasteiger partial charge is 0.225 e. The molecule has 0 aromatic carbocycles. The van der Waals surface area contributed by atoms with Crippen LogP contribution >= 0.6 is 12.4 Å². The summed E-state index contributed by atoms with van der Waals surface area (Å²) in [5.41, 5.74) is 0. The van der Waals surface area contributed by atoms with Crippen LogP contribution in [-0.2, 0) is 9.53 Å². The number of hydrogen-bond donors (Lipinski definition) is 1. The summed E-state index contributed by atoms with van der Waals surface area (Å²) < 4.78 is 5.11. The first-order valence-corrected chi connectivity index (χ1v) is 7.05. The molecular weight excluding hydrogens is 264 g/mol. The Labute approximate surface area is 123 Å². The van der Waals surface area contributed by atoms with Gasteiger partial charge in [0.2, 0.25) is 5.91 Å². The first kappa shape index (κ1) is 18.7. The number of nitrogens with one attached hydrogen (secondary N) is 1. The van der Waals surface area contributed by atoms with Crippen molar-refractivity contribution in [3.05, 3.63) is 0 Å². The molecule has 0 saturated carbocycles. The molecule has 114 valence electrons. The number of hydrogen-bond acceptors (Lipinski definition) is 3. The van der Waals surface area contributed by atoms with Crippen LogP contribution in [0.5, 0.6) is 0 Å². The van der Waals surface area contributed by atoms with E-state index in [9.17, 15) is 4.79 Å². The number of methoxy groups -OCH3 is 1. The standard InChI is InChI=1S/C14H28N2O2.ClH/c1-11(2)10-16(7-8-18-4)14(17)13-5-6-15-12(3)9-13;/h11-13,15H,5-10H2,1-4H3;1H/t12-,13-;/m0./s1. The molecule has 1 heterocycles. The van der Waals surface area contributed by atoms with E-state index >= 15 is 0 Å². The van der Waals surface area contributed by atoms with E-state index in [1.807, 2.05) is 4.90 Å². The summed E-state index contributed by atoms with van der Waals surface area (Å²) in [6, 6.07) is 0.455. The van der Waals surface area contributed by atoms with Crippen molar-refractivity contribution in [3.63, 3.8) is 0 Å². The van der Waals surface area contributed by atoms with Crippen LogP contribution < -0.4 is 5.32 Å². The largest absolute Gasteiger partial charge is 0.383 e. The average molecular weight is 293 g/mol. The Bertz CT molecular complexity index is 262. The quantitative estimate of drug-likeness (QED) is 0.813. The van der Waals surface area contributed by atoms with Crippen LogP contribution in [0.4, 0.5) is 0 Å². The van der Waals surface area contributed by atoms with Gasteiger partial charge in [-0.15, -0.1) is 12.4 Å². The number of piperidine rings is 1. The summed E-state index contributed by atoms with van der Waals surface area (Å²) in [4.78, 5) is 14.5. The molecule has 1 aliphatic rings.